The molecule has 2 aromatic carbocycles. The average Bonchev–Trinajstić information content (AvgIpc) is 2.63. The highest BCUT2D eigenvalue weighted by atomic mass is 16.5. The quantitative estimate of drug-likeness (QED) is 0.724. The summed E-state index contributed by atoms with van der Waals surface area (Å²) >= 11 is 0. The van der Waals surface area contributed by atoms with Crippen molar-refractivity contribution in [2.24, 2.45) is 0 Å². The Morgan fingerprint density at radius 3 is 2.92 bits per heavy atom. The van der Waals surface area contributed by atoms with Gasteiger partial charge in [0, 0.05) is 18.3 Å². The van der Waals surface area contributed by atoms with Gasteiger partial charge in [0.05, 0.1) is 37.0 Å². The third-order valence-corrected chi connectivity index (χ3v) is 3.75. The number of fused-ring (bicyclic) bond motifs is 1. The number of hydrogen-bond acceptors (Lipinski definition) is 5. The van der Waals surface area contributed by atoms with Crippen molar-refractivity contribution in [3.63, 3.8) is 0 Å². The molecule has 0 saturated carbocycles. The number of methoxy groups -OCH3 is 1. The zero-order valence-electron chi connectivity index (χ0n) is 13.3. The molecular formula is C18H19N3O3. The van der Waals surface area contributed by atoms with Crippen LogP contribution in [0.15, 0.2) is 59.7 Å². The van der Waals surface area contributed by atoms with Crippen molar-refractivity contribution in [3.8, 4) is 5.75 Å². The normalized spacial score (nSPS) is 12.1. The van der Waals surface area contributed by atoms with Gasteiger partial charge < -0.3 is 15.2 Å². The molecule has 0 aliphatic rings. The summed E-state index contributed by atoms with van der Waals surface area (Å²) < 4.78 is 6.59. The highest BCUT2D eigenvalue weighted by molar-refractivity contribution is 5.76. The van der Waals surface area contributed by atoms with E-state index in [0.29, 0.717) is 17.4 Å². The Kier molecular flexibility index (Phi) is 4.77. The summed E-state index contributed by atoms with van der Waals surface area (Å²) in [4.78, 5) is 16.6. The molecule has 1 atom stereocenters. The van der Waals surface area contributed by atoms with Crippen molar-refractivity contribution in [1.29, 1.82) is 0 Å². The minimum absolute atomic E-state index is 0.152. The van der Waals surface area contributed by atoms with Crippen molar-refractivity contribution in [2.75, 3.05) is 19.0 Å². The highest BCUT2D eigenvalue weighted by Gasteiger charge is 2.09. The summed E-state index contributed by atoms with van der Waals surface area (Å²) in [5.41, 5.74) is 1.35. The van der Waals surface area contributed by atoms with Gasteiger partial charge in [-0.25, -0.2) is 4.98 Å². The third-order valence-electron chi connectivity index (χ3n) is 3.75. The Bertz CT molecular complexity index is 892. The molecule has 0 fully saturated rings. The van der Waals surface area contributed by atoms with Gasteiger partial charge in [0.2, 0.25) is 0 Å². The molecule has 6 nitrogen and oxygen atoms in total. The van der Waals surface area contributed by atoms with Crippen molar-refractivity contribution in [3.05, 3.63) is 65.2 Å². The van der Waals surface area contributed by atoms with Crippen LogP contribution in [0, 0.1) is 0 Å². The molecule has 0 amide bonds. The molecule has 6 heteroatoms. The number of nitrogens with zero attached hydrogens (tertiary/aromatic N) is 2. The first-order valence-electron chi connectivity index (χ1n) is 7.67. The number of aliphatic hydroxyl groups excluding tert-OH is 1. The van der Waals surface area contributed by atoms with Gasteiger partial charge in [0.25, 0.3) is 5.56 Å². The van der Waals surface area contributed by atoms with Gasteiger partial charge in [-0.1, -0.05) is 18.2 Å². The molecule has 24 heavy (non-hydrogen) atoms. The monoisotopic (exact) mass is 325 g/mol. The number of rotatable bonds is 6. The van der Waals surface area contributed by atoms with E-state index in [1.54, 1.807) is 25.3 Å². The summed E-state index contributed by atoms with van der Waals surface area (Å²) in [5, 5.41) is 13.9. The molecular weight excluding hydrogens is 306 g/mol. The molecule has 0 aliphatic carbocycles. The Balaban J connectivity index is 1.67. The maximum Gasteiger partial charge on any atom is 0.261 e. The van der Waals surface area contributed by atoms with Crippen molar-refractivity contribution in [1.82, 2.24) is 9.55 Å². The molecule has 0 aliphatic heterocycles. The SMILES string of the molecule is COc1cccc(NC[C@H](O)Cn2cnc3ccccc3c2=O)c1. The van der Waals surface area contributed by atoms with Crippen LogP contribution in [0.1, 0.15) is 0 Å². The predicted octanol–water partition coefficient (Wildman–Crippen LogP) is 1.88. The molecule has 1 heterocycles. The zero-order valence-corrected chi connectivity index (χ0v) is 13.3. The fourth-order valence-electron chi connectivity index (χ4n) is 2.50. The molecule has 0 radical (unpaired) electrons. The summed E-state index contributed by atoms with van der Waals surface area (Å²) in [5.74, 6) is 0.740. The molecule has 0 unspecified atom stereocenters. The Labute approximate surface area is 139 Å². The van der Waals surface area contributed by atoms with E-state index in [4.69, 9.17) is 4.74 Å². The van der Waals surface area contributed by atoms with Crippen LogP contribution >= 0.6 is 0 Å². The topological polar surface area (TPSA) is 76.4 Å². The number of para-hydroxylation sites is 1. The fraction of sp³-hybridized carbons (Fsp3) is 0.222. The number of anilines is 1. The number of nitrogens with one attached hydrogen (secondary N) is 1. The van der Waals surface area contributed by atoms with Crippen LogP contribution in [0.5, 0.6) is 5.75 Å². The molecule has 3 aromatic rings. The lowest BCUT2D eigenvalue weighted by atomic mass is 10.2. The number of aromatic nitrogens is 2. The predicted molar refractivity (Wildman–Crippen MR) is 93.5 cm³/mol. The van der Waals surface area contributed by atoms with Crippen molar-refractivity contribution in [2.45, 2.75) is 12.6 Å². The van der Waals surface area contributed by atoms with E-state index in [0.717, 1.165) is 11.4 Å². The van der Waals surface area contributed by atoms with Gasteiger partial charge >= 0.3 is 0 Å². The number of aliphatic hydroxyl groups is 1. The lowest BCUT2D eigenvalue weighted by Crippen LogP contribution is -2.31. The largest absolute Gasteiger partial charge is 0.497 e. The van der Waals surface area contributed by atoms with Gasteiger partial charge in [-0.05, 0) is 24.3 Å². The van der Waals surface area contributed by atoms with E-state index in [2.05, 4.69) is 10.3 Å². The highest BCUT2D eigenvalue weighted by Crippen LogP contribution is 2.16. The van der Waals surface area contributed by atoms with Gasteiger partial charge in [0.1, 0.15) is 5.75 Å². The fourth-order valence-corrected chi connectivity index (χ4v) is 2.50. The first-order chi connectivity index (χ1) is 11.7. The lowest BCUT2D eigenvalue weighted by Gasteiger charge is -2.15. The van der Waals surface area contributed by atoms with E-state index < -0.39 is 6.10 Å². The smallest absolute Gasteiger partial charge is 0.261 e. The summed E-state index contributed by atoms with van der Waals surface area (Å²) in [6.45, 7) is 0.486. The van der Waals surface area contributed by atoms with E-state index in [9.17, 15) is 9.90 Å². The second kappa shape index (κ2) is 7.14. The summed E-state index contributed by atoms with van der Waals surface area (Å²) in [6, 6.07) is 14.6. The minimum Gasteiger partial charge on any atom is -0.497 e. The van der Waals surface area contributed by atoms with Crippen LogP contribution in [-0.4, -0.2) is 34.4 Å². The van der Waals surface area contributed by atoms with Gasteiger partial charge in [-0.2, -0.15) is 0 Å². The van der Waals surface area contributed by atoms with Crippen LogP contribution in [-0.2, 0) is 6.54 Å². The first kappa shape index (κ1) is 16.0. The van der Waals surface area contributed by atoms with Crippen molar-refractivity contribution >= 4 is 16.6 Å². The molecule has 2 N–H and O–H groups in total. The number of hydrogen-bond donors (Lipinski definition) is 2. The van der Waals surface area contributed by atoms with Crippen LogP contribution in [0.25, 0.3) is 10.9 Å². The summed E-state index contributed by atoms with van der Waals surface area (Å²) in [6.07, 6.45) is 0.747. The van der Waals surface area contributed by atoms with E-state index in [1.165, 1.54) is 10.9 Å². The average molecular weight is 325 g/mol. The molecule has 3 rings (SSSR count). The Morgan fingerprint density at radius 2 is 2.08 bits per heavy atom. The maximum atomic E-state index is 12.4. The van der Waals surface area contributed by atoms with Gasteiger partial charge in [0.15, 0.2) is 0 Å². The Hall–Kier alpha value is -2.86. The van der Waals surface area contributed by atoms with E-state index >= 15 is 0 Å². The first-order valence-corrected chi connectivity index (χ1v) is 7.67. The molecule has 0 bridgehead atoms. The van der Waals surface area contributed by atoms with Gasteiger partial charge in [-0.3, -0.25) is 9.36 Å². The lowest BCUT2D eigenvalue weighted by molar-refractivity contribution is 0.165. The zero-order chi connectivity index (χ0) is 16.9. The maximum absolute atomic E-state index is 12.4. The van der Waals surface area contributed by atoms with Crippen LogP contribution in [0.4, 0.5) is 5.69 Å². The van der Waals surface area contributed by atoms with Gasteiger partial charge in [-0.15, -0.1) is 0 Å². The molecule has 124 valence electrons. The Morgan fingerprint density at radius 1 is 1.25 bits per heavy atom. The van der Waals surface area contributed by atoms with Crippen LogP contribution in [0.3, 0.4) is 0 Å². The standard InChI is InChI=1S/C18H19N3O3/c1-24-15-6-4-5-13(9-15)19-10-14(22)11-21-12-20-17-8-3-2-7-16(17)18(21)23/h2-9,12,14,19,22H,10-11H2,1H3/t14-/m0/s1. The third kappa shape index (κ3) is 3.55. The molecule has 0 spiro atoms. The number of ether oxygens (including phenoxy) is 1. The van der Waals surface area contributed by atoms with E-state index in [1.807, 2.05) is 30.3 Å². The van der Waals surface area contributed by atoms with Crippen LogP contribution < -0.4 is 15.6 Å². The minimum atomic E-state index is -0.725. The second-order valence-electron chi connectivity index (χ2n) is 5.49. The van der Waals surface area contributed by atoms with Crippen LogP contribution in [0.2, 0.25) is 0 Å². The second-order valence-corrected chi connectivity index (χ2v) is 5.49. The van der Waals surface area contributed by atoms with Crippen molar-refractivity contribution < 1.29 is 9.84 Å². The van der Waals surface area contributed by atoms with E-state index in [-0.39, 0.29) is 12.1 Å². The molecule has 1 aromatic heterocycles. The summed E-state index contributed by atoms with van der Waals surface area (Å²) in [7, 11) is 1.60. The number of benzene rings is 2. The molecule has 0 saturated heterocycles.